The van der Waals surface area contributed by atoms with Crippen LogP contribution in [0.4, 0.5) is 0 Å². The maximum Gasteiger partial charge on any atom is 0.148 e. The third-order valence-corrected chi connectivity index (χ3v) is 11.7. The zero-order valence-corrected chi connectivity index (χ0v) is 40.5. The number of benzene rings is 6. The third kappa shape index (κ3) is 8.92. The number of aryl methyl sites for hydroxylation is 1. The zero-order valence-electron chi connectivity index (χ0n) is 51.3. The number of rotatable bonds is 10. The first-order chi connectivity index (χ1) is 35.1. The molecule has 0 aliphatic heterocycles. The van der Waals surface area contributed by atoms with Crippen LogP contribution in [0.25, 0.3) is 72.7 Å². The van der Waals surface area contributed by atoms with Crippen molar-refractivity contribution in [3.63, 3.8) is 0 Å². The SMILES string of the molecule is [2H]c1nc(-c2[c-]c(-c3cccc4c3nc(-c3cc(C(C)C)cc(C(C)C)c3O)n4-c3ccc(-c4c(C([2H])(C)C)cccc4C([2H])(C)C)cc3C([2H])([2H])[2H])cc(C(C)(C)C)c2)c([2H])c(-c2c([2H])c([2H])c([2H])c([2H])c2[2H])c1[2H].[Pt]. The Morgan fingerprint density at radius 2 is 1.41 bits per heavy atom. The average Bonchev–Trinajstić information content (AvgIpc) is 3.72. The predicted octanol–water partition coefficient (Wildman–Crippen LogP) is 16.4. The summed E-state index contributed by atoms with van der Waals surface area (Å²) in [5.41, 5.74) is 5.98. The first kappa shape index (κ1) is 32.1. The number of fused-ring (bicyclic) bond motifs is 1. The van der Waals surface area contributed by atoms with E-state index in [-0.39, 0.29) is 72.5 Å². The molecule has 64 heavy (non-hydrogen) atoms. The van der Waals surface area contributed by atoms with E-state index in [1.807, 2.05) is 89.2 Å². The van der Waals surface area contributed by atoms with E-state index in [0.29, 0.717) is 55.5 Å². The molecule has 0 radical (unpaired) electrons. The van der Waals surface area contributed by atoms with Gasteiger partial charge in [-0.25, -0.2) is 4.98 Å². The average molecular weight is 1040 g/mol. The van der Waals surface area contributed by atoms with Crippen LogP contribution in [0.2, 0.25) is 0 Å². The molecule has 0 bridgehead atoms. The van der Waals surface area contributed by atoms with Gasteiger partial charge in [-0.2, -0.15) is 0 Å². The molecule has 0 spiro atoms. The number of hydrogen-bond donors (Lipinski definition) is 1. The van der Waals surface area contributed by atoms with E-state index in [4.69, 9.17) is 21.4 Å². The van der Waals surface area contributed by atoms with E-state index < -0.39 is 78.1 Å². The smallest absolute Gasteiger partial charge is 0.148 e. The summed E-state index contributed by atoms with van der Waals surface area (Å²) >= 11 is 0. The van der Waals surface area contributed by atoms with Crippen molar-refractivity contribution < 1.29 is 44.0 Å². The molecule has 1 N–H and O–H groups in total. The van der Waals surface area contributed by atoms with E-state index in [0.717, 1.165) is 11.1 Å². The minimum Gasteiger partial charge on any atom is -0.507 e. The van der Waals surface area contributed by atoms with Crippen molar-refractivity contribution in [3.8, 4) is 67.5 Å². The molecular weight excluding hydrogens is 962 g/mol. The number of imidazole rings is 1. The van der Waals surface area contributed by atoms with E-state index in [2.05, 4.69) is 24.9 Å². The van der Waals surface area contributed by atoms with Gasteiger partial charge in [0.1, 0.15) is 11.6 Å². The molecule has 0 saturated carbocycles. The standard InChI is InChI=1S/C59H62N3O.Pt/c1-35(2)43-32-50(38(7)8)57(63)51(33-43)58-61-56-49(44-29-45(31-46(30-44)59(10,11)12)52-34-41(26-27-60-52)40-18-14-13-15-19-40)22-17-23-54(56)62(58)53-25-24-42(28-39(53)9)55-47(36(3)4)20-16-21-48(55)37(5)6;/h13-28,30-38,63H,1-12H3;/q-1;/i9D3,13D,14D,15D,18D,19D,26D,27D,34D,36D,37D;. The minimum atomic E-state index is -2.73. The molecule has 0 unspecified atom stereocenters. The quantitative estimate of drug-likeness (QED) is 0.139. The van der Waals surface area contributed by atoms with E-state index >= 15 is 0 Å². The second-order valence-electron chi connectivity index (χ2n) is 18.4. The number of nitrogens with zero attached hydrogens (tertiary/aromatic N) is 3. The fourth-order valence-corrected chi connectivity index (χ4v) is 8.17. The summed E-state index contributed by atoms with van der Waals surface area (Å²) in [4.78, 5) is 9.79. The summed E-state index contributed by atoms with van der Waals surface area (Å²) < 4.78 is 117. The van der Waals surface area contributed by atoms with Gasteiger partial charge in [0.05, 0.1) is 33.3 Å². The second kappa shape index (κ2) is 18.5. The van der Waals surface area contributed by atoms with Crippen LogP contribution < -0.4 is 0 Å². The number of para-hydroxylation sites is 1. The van der Waals surface area contributed by atoms with Gasteiger partial charge >= 0.3 is 0 Å². The Bertz CT molecular complexity index is 3590. The Balaban J connectivity index is 0.00000861. The Morgan fingerprint density at radius 3 is 2.05 bits per heavy atom. The fourth-order valence-electron chi connectivity index (χ4n) is 8.17. The van der Waals surface area contributed by atoms with Crippen molar-refractivity contribution in [2.45, 2.75) is 112 Å². The Hall–Kier alpha value is -5.57. The second-order valence-corrected chi connectivity index (χ2v) is 18.4. The molecule has 0 atom stereocenters. The molecule has 0 aliphatic carbocycles. The molecule has 5 heteroatoms. The van der Waals surface area contributed by atoms with Crippen LogP contribution >= 0.6 is 0 Å². The molecule has 2 heterocycles. The number of phenols is 1. The van der Waals surface area contributed by atoms with Crippen LogP contribution in [0.3, 0.4) is 0 Å². The van der Waals surface area contributed by atoms with Gasteiger partial charge in [-0.3, -0.25) is 9.55 Å². The number of aromatic hydroxyl groups is 1. The van der Waals surface area contributed by atoms with Crippen molar-refractivity contribution in [1.82, 2.24) is 14.5 Å². The largest absolute Gasteiger partial charge is 0.507 e. The van der Waals surface area contributed by atoms with Gasteiger partial charge in [-0.05, 0) is 116 Å². The fraction of sp³-hybridized carbons (Fsp3) is 0.288. The first-order valence-electron chi connectivity index (χ1n) is 28.0. The number of aromatic nitrogens is 3. The van der Waals surface area contributed by atoms with Crippen LogP contribution in [0, 0.1) is 12.9 Å². The maximum atomic E-state index is 12.4. The monoisotopic (exact) mass is 1040 g/mol. The normalized spacial score (nSPS) is 15.4. The third-order valence-electron chi connectivity index (χ3n) is 11.7. The molecule has 0 saturated heterocycles. The summed E-state index contributed by atoms with van der Waals surface area (Å²) in [6.45, 7) is 18.4. The Kier molecular flexibility index (Phi) is 9.29. The number of hydrogen-bond acceptors (Lipinski definition) is 3. The van der Waals surface area contributed by atoms with Crippen molar-refractivity contribution >= 4 is 11.0 Å². The van der Waals surface area contributed by atoms with Gasteiger partial charge < -0.3 is 5.11 Å². The Morgan fingerprint density at radius 1 is 0.719 bits per heavy atom. The number of phenolic OH excluding ortho intramolecular Hbond substituents is 1. The van der Waals surface area contributed by atoms with Crippen LogP contribution in [0.5, 0.6) is 5.75 Å². The summed E-state index contributed by atoms with van der Waals surface area (Å²) in [6, 6.07) is 22.9. The topological polar surface area (TPSA) is 50.9 Å². The molecule has 8 aromatic rings. The van der Waals surface area contributed by atoms with Gasteiger partial charge in [0.25, 0.3) is 0 Å². The van der Waals surface area contributed by atoms with Gasteiger partial charge in [-0.15, -0.1) is 29.3 Å². The molecule has 0 fully saturated rings. The van der Waals surface area contributed by atoms with Crippen LogP contribution in [0.1, 0.15) is 151 Å². The van der Waals surface area contributed by atoms with Crippen molar-refractivity contribution in [2.75, 3.05) is 0 Å². The summed E-state index contributed by atoms with van der Waals surface area (Å²) in [6.07, 6.45) is -0.582. The van der Waals surface area contributed by atoms with Crippen LogP contribution in [-0.2, 0) is 26.5 Å². The molecule has 0 aliphatic rings. The van der Waals surface area contributed by atoms with Crippen LogP contribution in [0.15, 0.2) is 127 Å². The minimum absolute atomic E-state index is 0. The van der Waals surface area contributed by atoms with E-state index in [1.54, 1.807) is 56.5 Å². The predicted molar refractivity (Wildman–Crippen MR) is 266 cm³/mol. The first-order valence-corrected chi connectivity index (χ1v) is 21.5. The summed E-state index contributed by atoms with van der Waals surface area (Å²) in [7, 11) is 0. The summed E-state index contributed by atoms with van der Waals surface area (Å²) in [5, 5.41) is 12.4. The maximum absolute atomic E-state index is 12.4. The molecule has 330 valence electrons. The molecule has 2 aromatic heterocycles. The zero-order chi connectivity index (χ0) is 56.2. The van der Waals surface area contributed by atoms with Crippen molar-refractivity contribution in [1.29, 1.82) is 0 Å². The molecule has 0 amide bonds. The molecule has 8 rings (SSSR count). The Labute approximate surface area is 414 Å². The molecule has 6 aromatic carbocycles. The van der Waals surface area contributed by atoms with E-state index in [1.165, 1.54) is 0 Å². The molecule has 4 nitrogen and oxygen atoms in total. The summed E-state index contributed by atoms with van der Waals surface area (Å²) in [5.74, 6) is -2.09. The number of pyridine rings is 1. The van der Waals surface area contributed by atoms with Crippen LogP contribution in [-0.4, -0.2) is 19.6 Å². The van der Waals surface area contributed by atoms with Gasteiger partial charge in [-0.1, -0.05) is 166 Å². The van der Waals surface area contributed by atoms with Crippen molar-refractivity contribution in [3.05, 3.63) is 167 Å². The molecular formula is C59H62N3OPt-. The van der Waals surface area contributed by atoms with Gasteiger partial charge in [0.2, 0.25) is 0 Å². The van der Waals surface area contributed by atoms with E-state index in [9.17, 15) is 6.48 Å². The van der Waals surface area contributed by atoms with Gasteiger partial charge in [0, 0.05) is 39.8 Å². The van der Waals surface area contributed by atoms with Crippen molar-refractivity contribution in [2.24, 2.45) is 0 Å². The van der Waals surface area contributed by atoms with Gasteiger partial charge in [0.15, 0.2) is 0 Å².